The van der Waals surface area contributed by atoms with Crippen molar-refractivity contribution in [2.24, 2.45) is 0 Å². The summed E-state index contributed by atoms with van der Waals surface area (Å²) in [6.45, 7) is 4.38. The standard InChI is InChI=1S/C29H31ClFN7O3S/c1-19-8-9-21-22(10-11-24(31)26(21)38(30)42(39,40)37-16-2-3-17-37)27(19)41-28-23(7-5-14-33-28)25-12-15-34-29(36-25)35-20-6-4-13-32-18-20/h5,7-12,14-15,20,32H,2-4,6,13,16-18H2,1H3,(H,34,35,36)/t20-/m0/s1. The summed E-state index contributed by atoms with van der Waals surface area (Å²) in [4.78, 5) is 13.6. The average Bonchev–Trinajstić information content (AvgIpc) is 3.56. The molecular formula is C29H31ClFN7O3S. The highest BCUT2D eigenvalue weighted by Gasteiger charge is 2.34. The summed E-state index contributed by atoms with van der Waals surface area (Å²) >= 11 is 6.39. The number of nitrogens with one attached hydrogen (secondary N) is 2. The molecule has 2 N–H and O–H groups in total. The number of aryl methyl sites for hydroxylation is 1. The third-order valence-electron chi connectivity index (χ3n) is 7.57. The van der Waals surface area contributed by atoms with Crippen LogP contribution in [0.4, 0.5) is 16.0 Å². The van der Waals surface area contributed by atoms with E-state index in [0.717, 1.165) is 44.3 Å². The Hall–Kier alpha value is -3.58. The number of ether oxygens (including phenoxy) is 1. The molecule has 10 nitrogen and oxygen atoms in total. The van der Waals surface area contributed by atoms with Gasteiger partial charge < -0.3 is 15.4 Å². The molecule has 0 amide bonds. The SMILES string of the molecule is Cc1ccc2c(N(Cl)S(=O)(=O)N3CCCC3)c(F)ccc2c1Oc1ncccc1-c1ccnc(N[C@H]2CCCNC2)n1. The van der Waals surface area contributed by atoms with Crippen LogP contribution in [0.1, 0.15) is 31.2 Å². The van der Waals surface area contributed by atoms with Crippen molar-refractivity contribution in [2.75, 3.05) is 35.3 Å². The Morgan fingerprint density at radius 1 is 1.07 bits per heavy atom. The minimum absolute atomic E-state index is 0.238. The summed E-state index contributed by atoms with van der Waals surface area (Å²) in [6.07, 6.45) is 6.87. The van der Waals surface area contributed by atoms with Crippen LogP contribution < -0.4 is 19.2 Å². The topological polar surface area (TPSA) is 113 Å². The summed E-state index contributed by atoms with van der Waals surface area (Å²) in [5, 5.41) is 7.55. The van der Waals surface area contributed by atoms with Crippen LogP contribution >= 0.6 is 11.8 Å². The Kier molecular flexibility index (Phi) is 8.13. The van der Waals surface area contributed by atoms with Crippen molar-refractivity contribution in [3.63, 3.8) is 0 Å². The number of anilines is 2. The lowest BCUT2D eigenvalue weighted by atomic mass is 10.0. The van der Waals surface area contributed by atoms with Gasteiger partial charge in [-0.25, -0.2) is 19.3 Å². The second-order valence-electron chi connectivity index (χ2n) is 10.4. The summed E-state index contributed by atoms with van der Waals surface area (Å²) in [6, 6.07) is 11.8. The molecule has 4 heterocycles. The number of fused-ring (bicyclic) bond motifs is 1. The van der Waals surface area contributed by atoms with Gasteiger partial charge in [-0.05, 0) is 75.0 Å². The third-order valence-corrected chi connectivity index (χ3v) is 9.87. The van der Waals surface area contributed by atoms with E-state index in [2.05, 4.69) is 20.6 Å². The highest BCUT2D eigenvalue weighted by atomic mass is 35.5. The maximum Gasteiger partial charge on any atom is 0.318 e. The first-order valence-corrected chi connectivity index (χ1v) is 15.7. The van der Waals surface area contributed by atoms with Crippen LogP contribution in [0.25, 0.3) is 22.0 Å². The molecule has 2 aromatic heterocycles. The zero-order valence-corrected chi connectivity index (χ0v) is 24.6. The zero-order valence-electron chi connectivity index (χ0n) is 23.1. The predicted molar refractivity (Wildman–Crippen MR) is 162 cm³/mol. The molecule has 0 radical (unpaired) electrons. The average molecular weight is 612 g/mol. The summed E-state index contributed by atoms with van der Waals surface area (Å²) in [5.74, 6) is 0.440. The van der Waals surface area contributed by atoms with Crippen molar-refractivity contribution in [3.05, 3.63) is 66.2 Å². The number of piperidine rings is 1. The maximum atomic E-state index is 15.3. The Morgan fingerprint density at radius 2 is 1.88 bits per heavy atom. The molecule has 42 heavy (non-hydrogen) atoms. The summed E-state index contributed by atoms with van der Waals surface area (Å²) in [7, 11) is -4.13. The molecule has 2 fully saturated rings. The monoisotopic (exact) mass is 611 g/mol. The van der Waals surface area contributed by atoms with Gasteiger partial charge in [0.15, 0.2) is 0 Å². The van der Waals surface area contributed by atoms with Crippen LogP contribution in [0.5, 0.6) is 11.6 Å². The van der Waals surface area contributed by atoms with Crippen molar-refractivity contribution < 1.29 is 17.5 Å². The number of hydrogen-bond donors (Lipinski definition) is 2. The fourth-order valence-corrected chi connectivity index (χ4v) is 7.17. The molecule has 13 heteroatoms. The summed E-state index contributed by atoms with van der Waals surface area (Å²) < 4.78 is 49.9. The molecule has 0 unspecified atom stereocenters. The van der Waals surface area contributed by atoms with Gasteiger partial charge in [0.2, 0.25) is 11.8 Å². The number of aromatic nitrogens is 3. The van der Waals surface area contributed by atoms with Gasteiger partial charge in [0.1, 0.15) is 17.3 Å². The number of nitrogens with zero attached hydrogens (tertiary/aromatic N) is 5. The minimum Gasteiger partial charge on any atom is -0.437 e. The Balaban J connectivity index is 1.37. The molecule has 0 bridgehead atoms. The number of benzene rings is 2. The maximum absolute atomic E-state index is 15.3. The minimum atomic E-state index is -4.13. The van der Waals surface area contributed by atoms with Gasteiger partial charge in [0.25, 0.3) is 0 Å². The second-order valence-corrected chi connectivity index (χ2v) is 12.8. The van der Waals surface area contributed by atoms with E-state index in [0.29, 0.717) is 50.6 Å². The highest BCUT2D eigenvalue weighted by Crippen LogP contribution is 2.42. The van der Waals surface area contributed by atoms with Gasteiger partial charge in [-0.1, -0.05) is 12.1 Å². The van der Waals surface area contributed by atoms with Gasteiger partial charge in [-0.3, -0.25) is 0 Å². The van der Waals surface area contributed by atoms with Crippen LogP contribution in [-0.4, -0.2) is 59.9 Å². The lowest BCUT2D eigenvalue weighted by Crippen LogP contribution is -2.38. The van der Waals surface area contributed by atoms with Crippen LogP contribution in [-0.2, 0) is 10.2 Å². The van der Waals surface area contributed by atoms with E-state index in [1.165, 1.54) is 10.4 Å². The van der Waals surface area contributed by atoms with Crippen molar-refractivity contribution in [1.82, 2.24) is 24.6 Å². The number of hydrogen-bond acceptors (Lipinski definition) is 8. The zero-order chi connectivity index (χ0) is 29.3. The molecule has 0 aliphatic carbocycles. The van der Waals surface area contributed by atoms with Gasteiger partial charge >= 0.3 is 10.2 Å². The first-order valence-electron chi connectivity index (χ1n) is 13.9. The van der Waals surface area contributed by atoms with E-state index in [1.807, 2.05) is 13.0 Å². The van der Waals surface area contributed by atoms with Gasteiger partial charge in [0, 0.05) is 60.6 Å². The molecule has 2 aliphatic heterocycles. The molecule has 0 spiro atoms. The smallest absolute Gasteiger partial charge is 0.318 e. The number of halogens is 2. The number of rotatable bonds is 8. The highest BCUT2D eigenvalue weighted by molar-refractivity contribution is 7.91. The van der Waals surface area contributed by atoms with E-state index in [-0.39, 0.29) is 17.6 Å². The first kappa shape index (κ1) is 28.5. The Labute approximate surface area is 249 Å². The van der Waals surface area contributed by atoms with Crippen molar-refractivity contribution in [1.29, 1.82) is 0 Å². The van der Waals surface area contributed by atoms with E-state index in [1.54, 1.807) is 42.7 Å². The molecule has 4 aromatic rings. The fraction of sp³-hybridized carbons (Fsp3) is 0.345. The molecule has 0 saturated carbocycles. The Morgan fingerprint density at radius 3 is 2.67 bits per heavy atom. The van der Waals surface area contributed by atoms with E-state index in [4.69, 9.17) is 21.5 Å². The van der Waals surface area contributed by atoms with Crippen molar-refractivity contribution >= 4 is 44.4 Å². The third kappa shape index (κ3) is 5.59. The van der Waals surface area contributed by atoms with E-state index in [9.17, 15) is 8.42 Å². The molecule has 6 rings (SSSR count). The van der Waals surface area contributed by atoms with Gasteiger partial charge in [-0.15, -0.1) is 0 Å². The molecule has 220 valence electrons. The molecular weight excluding hydrogens is 581 g/mol. The van der Waals surface area contributed by atoms with Crippen LogP contribution in [0, 0.1) is 12.7 Å². The normalized spacial score (nSPS) is 17.8. The number of pyridine rings is 1. The van der Waals surface area contributed by atoms with Crippen LogP contribution in [0.2, 0.25) is 0 Å². The molecule has 2 aromatic carbocycles. The lowest BCUT2D eigenvalue weighted by Gasteiger charge is -2.24. The van der Waals surface area contributed by atoms with Gasteiger partial charge in [0.05, 0.1) is 11.3 Å². The largest absolute Gasteiger partial charge is 0.437 e. The van der Waals surface area contributed by atoms with Crippen molar-refractivity contribution in [3.8, 4) is 22.9 Å². The fourth-order valence-electron chi connectivity index (χ4n) is 5.39. The molecule has 2 aliphatic rings. The van der Waals surface area contributed by atoms with Crippen LogP contribution in [0.3, 0.4) is 0 Å². The van der Waals surface area contributed by atoms with Crippen LogP contribution in [0.15, 0.2) is 54.9 Å². The summed E-state index contributed by atoms with van der Waals surface area (Å²) in [5.41, 5.74) is 1.75. The van der Waals surface area contributed by atoms with Crippen molar-refractivity contribution in [2.45, 2.75) is 38.6 Å². The van der Waals surface area contributed by atoms with Gasteiger partial charge in [-0.2, -0.15) is 16.5 Å². The van der Waals surface area contributed by atoms with E-state index < -0.39 is 16.0 Å². The lowest BCUT2D eigenvalue weighted by molar-refractivity contribution is 0.466. The van der Waals surface area contributed by atoms with E-state index >= 15 is 4.39 Å². The Bertz CT molecular complexity index is 1710. The second kappa shape index (κ2) is 12.0. The predicted octanol–water partition coefficient (Wildman–Crippen LogP) is 5.40. The first-order chi connectivity index (χ1) is 20.3. The molecule has 2 saturated heterocycles. The molecule has 1 atom stereocenters. The quantitative estimate of drug-likeness (QED) is 0.255.